The van der Waals surface area contributed by atoms with Gasteiger partial charge in [0.1, 0.15) is 0 Å². The Balaban J connectivity index is 1.55. The number of hydrogen-bond acceptors (Lipinski definition) is 3. The first-order valence-electron chi connectivity index (χ1n) is 11.2. The monoisotopic (exact) mass is 397 g/mol. The van der Waals surface area contributed by atoms with E-state index in [1.54, 1.807) is 0 Å². The van der Waals surface area contributed by atoms with Gasteiger partial charge < -0.3 is 15.5 Å². The molecular formula is C24H35N3O2. The fourth-order valence-electron chi connectivity index (χ4n) is 5.60. The van der Waals surface area contributed by atoms with Crippen molar-refractivity contribution in [2.75, 3.05) is 18.0 Å². The zero-order chi connectivity index (χ0) is 20.8. The van der Waals surface area contributed by atoms with Crippen molar-refractivity contribution >= 4 is 17.5 Å². The fraction of sp³-hybridized carbons (Fsp3) is 0.667. The van der Waals surface area contributed by atoms with Gasteiger partial charge in [-0.1, -0.05) is 44.9 Å². The molecule has 1 saturated carbocycles. The summed E-state index contributed by atoms with van der Waals surface area (Å²) in [7, 11) is 0. The van der Waals surface area contributed by atoms with Crippen LogP contribution in [0.3, 0.4) is 0 Å². The Bertz CT molecular complexity index is 790. The third-order valence-corrected chi connectivity index (χ3v) is 7.47. The second-order valence-corrected chi connectivity index (χ2v) is 10.0. The Morgan fingerprint density at radius 1 is 1.03 bits per heavy atom. The molecule has 1 aromatic rings. The Hall–Kier alpha value is -1.88. The highest BCUT2D eigenvalue weighted by Gasteiger charge is 2.44. The van der Waals surface area contributed by atoms with Crippen molar-refractivity contribution in [3.05, 3.63) is 29.8 Å². The Morgan fingerprint density at radius 3 is 2.38 bits per heavy atom. The van der Waals surface area contributed by atoms with Crippen molar-refractivity contribution in [3.8, 4) is 0 Å². The topological polar surface area (TPSA) is 66.6 Å². The maximum absolute atomic E-state index is 13.7. The summed E-state index contributed by atoms with van der Waals surface area (Å²) >= 11 is 0. The number of fused-ring (bicyclic) bond motifs is 1. The molecule has 0 spiro atoms. The molecule has 4 unspecified atom stereocenters. The quantitative estimate of drug-likeness (QED) is 0.832. The molecule has 4 rings (SSSR count). The normalized spacial score (nSPS) is 31.4. The molecular weight excluding hydrogens is 362 g/mol. The number of benzene rings is 1. The molecule has 0 bridgehead atoms. The van der Waals surface area contributed by atoms with Gasteiger partial charge in [0.05, 0.1) is 5.92 Å². The van der Waals surface area contributed by atoms with E-state index in [1.807, 2.05) is 28.0 Å². The summed E-state index contributed by atoms with van der Waals surface area (Å²) in [5.41, 5.74) is 8.46. The maximum atomic E-state index is 13.7. The molecule has 158 valence electrons. The zero-order valence-corrected chi connectivity index (χ0v) is 18.1. The van der Waals surface area contributed by atoms with Gasteiger partial charge in [-0.05, 0) is 49.7 Å². The van der Waals surface area contributed by atoms with Gasteiger partial charge in [-0.15, -0.1) is 0 Å². The van der Waals surface area contributed by atoms with Crippen LogP contribution in [0.15, 0.2) is 24.3 Å². The molecule has 5 heteroatoms. The lowest BCUT2D eigenvalue weighted by molar-refractivity contribution is -0.145. The van der Waals surface area contributed by atoms with Crippen molar-refractivity contribution in [3.63, 3.8) is 0 Å². The summed E-state index contributed by atoms with van der Waals surface area (Å²) in [6.07, 6.45) is 5.43. The number of rotatable bonds is 2. The van der Waals surface area contributed by atoms with Crippen LogP contribution in [-0.4, -0.2) is 41.9 Å². The highest BCUT2D eigenvalue weighted by atomic mass is 16.2. The van der Waals surface area contributed by atoms with Gasteiger partial charge in [-0.3, -0.25) is 9.59 Å². The summed E-state index contributed by atoms with van der Waals surface area (Å²) in [6.45, 7) is 7.80. The number of amides is 2. The van der Waals surface area contributed by atoms with Crippen LogP contribution in [0.1, 0.15) is 58.4 Å². The van der Waals surface area contributed by atoms with E-state index in [1.165, 1.54) is 5.56 Å². The first-order chi connectivity index (χ1) is 13.8. The van der Waals surface area contributed by atoms with Crippen molar-refractivity contribution in [1.29, 1.82) is 0 Å². The van der Waals surface area contributed by atoms with Gasteiger partial charge in [0, 0.05) is 36.8 Å². The summed E-state index contributed by atoms with van der Waals surface area (Å²) in [5, 5.41) is 0. The number of carbonyl (C=O) groups excluding carboxylic acids is 2. The molecule has 1 saturated heterocycles. The van der Waals surface area contributed by atoms with Crippen LogP contribution >= 0.6 is 0 Å². The second kappa shape index (κ2) is 7.75. The van der Waals surface area contributed by atoms with Crippen LogP contribution in [0.4, 0.5) is 5.69 Å². The number of hydrogen-bond donors (Lipinski definition) is 1. The minimum Gasteiger partial charge on any atom is -0.342 e. The van der Waals surface area contributed by atoms with Crippen LogP contribution in [0.2, 0.25) is 0 Å². The van der Waals surface area contributed by atoms with Gasteiger partial charge in [0.15, 0.2) is 0 Å². The lowest BCUT2D eigenvalue weighted by Gasteiger charge is -2.45. The highest BCUT2D eigenvalue weighted by molar-refractivity contribution is 6.00. The average molecular weight is 398 g/mol. The molecule has 1 aliphatic carbocycles. The van der Waals surface area contributed by atoms with Gasteiger partial charge >= 0.3 is 0 Å². The molecule has 0 aromatic heterocycles. The van der Waals surface area contributed by atoms with Gasteiger partial charge in [0.2, 0.25) is 11.8 Å². The molecule has 1 aromatic carbocycles. The first kappa shape index (κ1) is 20.4. The molecule has 4 atom stereocenters. The van der Waals surface area contributed by atoms with E-state index in [0.29, 0.717) is 13.1 Å². The SMILES string of the molecule is CC1Cc2ccccc2N1C(=O)C1CCCCC1C(=O)N1CCC(N)C(C)(C)C1. The number of piperidine rings is 1. The van der Waals surface area contributed by atoms with Crippen LogP contribution < -0.4 is 10.6 Å². The van der Waals surface area contributed by atoms with Crippen LogP contribution in [0.25, 0.3) is 0 Å². The van der Waals surface area contributed by atoms with Crippen molar-refractivity contribution in [2.24, 2.45) is 23.0 Å². The van der Waals surface area contributed by atoms with Gasteiger partial charge in [-0.25, -0.2) is 0 Å². The van der Waals surface area contributed by atoms with E-state index in [9.17, 15) is 9.59 Å². The maximum Gasteiger partial charge on any atom is 0.231 e. The number of nitrogens with two attached hydrogens (primary N) is 1. The molecule has 3 aliphatic rings. The summed E-state index contributed by atoms with van der Waals surface area (Å²) in [5.74, 6) is -0.0819. The highest BCUT2D eigenvalue weighted by Crippen LogP contribution is 2.39. The first-order valence-corrected chi connectivity index (χ1v) is 11.2. The Morgan fingerprint density at radius 2 is 1.69 bits per heavy atom. The molecule has 2 fully saturated rings. The van der Waals surface area contributed by atoms with Crippen LogP contribution in [0, 0.1) is 17.3 Å². The molecule has 0 radical (unpaired) electrons. The van der Waals surface area contributed by atoms with E-state index < -0.39 is 0 Å². The second-order valence-electron chi connectivity index (χ2n) is 10.0. The van der Waals surface area contributed by atoms with Crippen molar-refractivity contribution in [2.45, 2.75) is 71.4 Å². The number of likely N-dealkylation sites (tertiary alicyclic amines) is 1. The fourth-order valence-corrected chi connectivity index (χ4v) is 5.60. The largest absolute Gasteiger partial charge is 0.342 e. The molecule has 5 nitrogen and oxygen atoms in total. The average Bonchev–Trinajstić information content (AvgIpc) is 3.04. The van der Waals surface area contributed by atoms with E-state index in [-0.39, 0.29) is 41.1 Å². The number of anilines is 1. The van der Waals surface area contributed by atoms with E-state index in [4.69, 9.17) is 5.73 Å². The minimum absolute atomic E-state index is 0.0789. The van der Waals surface area contributed by atoms with E-state index >= 15 is 0 Å². The number of nitrogens with zero attached hydrogens (tertiary/aromatic N) is 2. The van der Waals surface area contributed by atoms with Crippen LogP contribution in [0.5, 0.6) is 0 Å². The predicted octanol–water partition coefficient (Wildman–Crippen LogP) is 3.36. The van der Waals surface area contributed by atoms with Crippen LogP contribution in [-0.2, 0) is 16.0 Å². The third-order valence-electron chi connectivity index (χ3n) is 7.47. The number of carbonyl (C=O) groups is 2. The molecule has 2 amide bonds. The molecule has 2 heterocycles. The summed E-state index contributed by atoms with van der Waals surface area (Å²) in [4.78, 5) is 31.2. The molecule has 2 N–H and O–H groups in total. The Kier molecular flexibility index (Phi) is 5.45. The van der Waals surface area contributed by atoms with Gasteiger partial charge in [-0.2, -0.15) is 0 Å². The molecule has 2 aliphatic heterocycles. The van der Waals surface area contributed by atoms with E-state index in [2.05, 4.69) is 26.8 Å². The summed E-state index contributed by atoms with van der Waals surface area (Å²) in [6, 6.07) is 8.48. The predicted molar refractivity (Wildman–Crippen MR) is 115 cm³/mol. The Labute approximate surface area is 174 Å². The van der Waals surface area contributed by atoms with E-state index in [0.717, 1.165) is 44.2 Å². The zero-order valence-electron chi connectivity index (χ0n) is 18.1. The summed E-state index contributed by atoms with van der Waals surface area (Å²) < 4.78 is 0. The number of para-hydroxylation sites is 1. The lowest BCUT2D eigenvalue weighted by Crippen LogP contribution is -2.56. The van der Waals surface area contributed by atoms with Crippen molar-refractivity contribution in [1.82, 2.24) is 4.90 Å². The minimum atomic E-state index is -0.205. The standard InChI is InChI=1S/C24H35N3O2/c1-16-14-17-8-4-7-11-20(17)27(16)23(29)19-10-6-5-9-18(19)22(28)26-13-12-21(25)24(2,3)15-26/h4,7-8,11,16,18-19,21H,5-6,9-10,12-15,25H2,1-3H3. The molecule has 29 heavy (non-hydrogen) atoms. The third kappa shape index (κ3) is 3.70. The smallest absolute Gasteiger partial charge is 0.231 e. The van der Waals surface area contributed by atoms with Crippen molar-refractivity contribution < 1.29 is 9.59 Å². The lowest BCUT2D eigenvalue weighted by atomic mass is 9.75. The van der Waals surface area contributed by atoms with Gasteiger partial charge in [0.25, 0.3) is 0 Å².